The molecule has 0 aliphatic carbocycles. The lowest BCUT2D eigenvalue weighted by molar-refractivity contribution is -0.192. The van der Waals surface area contributed by atoms with Gasteiger partial charge in [0, 0.05) is 31.7 Å². The van der Waals surface area contributed by atoms with Gasteiger partial charge < -0.3 is 36.1 Å². The van der Waals surface area contributed by atoms with Crippen LogP contribution < -0.4 is 20.9 Å². The number of carbonyl (C=O) groups is 2. The summed E-state index contributed by atoms with van der Waals surface area (Å²) in [6.07, 6.45) is -4.08. The van der Waals surface area contributed by atoms with Gasteiger partial charge in [0.1, 0.15) is 0 Å². The van der Waals surface area contributed by atoms with E-state index < -0.39 is 18.2 Å². The second-order valence-electron chi connectivity index (χ2n) is 7.65. The molecule has 1 saturated heterocycles. The van der Waals surface area contributed by atoms with Gasteiger partial charge in [-0.3, -0.25) is 0 Å². The zero-order chi connectivity index (χ0) is 27.3. The molecule has 1 amide bonds. The Morgan fingerprint density at radius 3 is 2.03 bits per heavy atom. The van der Waals surface area contributed by atoms with Gasteiger partial charge in [-0.05, 0) is 36.0 Å². The first-order valence-electron chi connectivity index (χ1n) is 10.9. The normalized spacial score (nSPS) is 13.5. The number of alkyl halides is 3. The van der Waals surface area contributed by atoms with Gasteiger partial charge in [-0.15, -0.1) is 0 Å². The van der Waals surface area contributed by atoms with E-state index in [0.29, 0.717) is 32.1 Å². The Kier molecular flexibility index (Phi) is 12.5. The number of carboxylic acids is 1. The van der Waals surface area contributed by atoms with Crippen LogP contribution in [0.3, 0.4) is 0 Å². The number of para-hydroxylation sites is 1. The second-order valence-corrected chi connectivity index (χ2v) is 7.65. The van der Waals surface area contributed by atoms with Gasteiger partial charge in [0.15, 0.2) is 11.5 Å². The number of carboxylic acid groups (broad SMARTS) is 2. The lowest BCUT2D eigenvalue weighted by Crippen LogP contribution is -2.36. The molecule has 2 aromatic rings. The molecule has 200 valence electrons. The number of halogens is 3. The van der Waals surface area contributed by atoms with Crippen molar-refractivity contribution in [2.75, 3.05) is 27.3 Å². The van der Waals surface area contributed by atoms with Crippen molar-refractivity contribution >= 4 is 12.1 Å². The maximum Gasteiger partial charge on any atom is 0.490 e. The lowest BCUT2D eigenvalue weighted by Gasteiger charge is -2.30. The van der Waals surface area contributed by atoms with E-state index in [0.717, 1.165) is 35.5 Å². The fourth-order valence-electron chi connectivity index (χ4n) is 3.49. The predicted octanol–water partition coefficient (Wildman–Crippen LogP) is 3.80. The summed E-state index contributed by atoms with van der Waals surface area (Å²) in [7, 11) is 3.22. The van der Waals surface area contributed by atoms with Crippen LogP contribution >= 0.6 is 0 Å². The van der Waals surface area contributed by atoms with Crippen molar-refractivity contribution in [3.63, 3.8) is 0 Å². The molecule has 1 heterocycles. The molecule has 0 saturated carbocycles. The summed E-state index contributed by atoms with van der Waals surface area (Å²) in [4.78, 5) is 21.2. The fourth-order valence-corrected chi connectivity index (χ4v) is 3.49. The minimum atomic E-state index is -5.08. The Bertz CT molecular complexity index is 958. The highest BCUT2D eigenvalue weighted by atomic mass is 19.4. The van der Waals surface area contributed by atoms with Gasteiger partial charge in [0.2, 0.25) is 0 Å². The molecule has 3 rings (SSSR count). The number of hydrogen-bond donors (Lipinski definition) is 4. The summed E-state index contributed by atoms with van der Waals surface area (Å²) in [6.45, 7) is 2.28. The largest absolute Gasteiger partial charge is 0.493 e. The zero-order valence-electron chi connectivity index (χ0n) is 20.1. The van der Waals surface area contributed by atoms with Crippen molar-refractivity contribution in [3.05, 3.63) is 59.2 Å². The van der Waals surface area contributed by atoms with Gasteiger partial charge in [0.05, 0.1) is 14.2 Å². The first-order chi connectivity index (χ1) is 17.0. The smallest absolute Gasteiger partial charge is 0.490 e. The fraction of sp³-hybridized carbons (Fsp3) is 0.417. The quantitative estimate of drug-likeness (QED) is 0.470. The van der Waals surface area contributed by atoms with Crippen LogP contribution in [0.15, 0.2) is 42.5 Å². The molecular formula is C24H32F3N3O6. The molecule has 0 bridgehead atoms. The number of benzene rings is 2. The summed E-state index contributed by atoms with van der Waals surface area (Å²) in [5.74, 6) is -0.840. The molecule has 1 fully saturated rings. The number of nitrogens with two attached hydrogens (primary N) is 2. The molecule has 12 heteroatoms. The SMILES string of the molecule is COc1cccc(CN)c1OC.NCc1cccc(C2CCN(C(=O)O)CC2)c1.O=C(O)C(F)(F)F. The van der Waals surface area contributed by atoms with E-state index in [9.17, 15) is 18.0 Å². The highest BCUT2D eigenvalue weighted by Crippen LogP contribution is 2.30. The molecule has 36 heavy (non-hydrogen) atoms. The molecule has 0 aromatic heterocycles. The first kappa shape index (κ1) is 30.5. The van der Waals surface area contributed by atoms with E-state index in [1.807, 2.05) is 30.3 Å². The highest BCUT2D eigenvalue weighted by molar-refractivity contribution is 5.73. The minimum absolute atomic E-state index is 0.459. The molecule has 6 N–H and O–H groups in total. The maximum absolute atomic E-state index is 10.8. The predicted molar refractivity (Wildman–Crippen MR) is 127 cm³/mol. The first-order valence-corrected chi connectivity index (χ1v) is 10.9. The average molecular weight is 516 g/mol. The summed E-state index contributed by atoms with van der Waals surface area (Å²) in [6, 6.07) is 14.0. The number of hydrogen-bond acceptors (Lipinski definition) is 6. The van der Waals surface area contributed by atoms with Gasteiger partial charge in [-0.2, -0.15) is 13.2 Å². The van der Waals surface area contributed by atoms with Gasteiger partial charge in [-0.25, -0.2) is 9.59 Å². The number of likely N-dealkylation sites (tertiary alicyclic amines) is 1. The van der Waals surface area contributed by atoms with Gasteiger partial charge >= 0.3 is 18.2 Å². The van der Waals surface area contributed by atoms with Crippen LogP contribution in [0.25, 0.3) is 0 Å². The summed E-state index contributed by atoms with van der Waals surface area (Å²) < 4.78 is 42.0. The van der Waals surface area contributed by atoms with E-state index >= 15 is 0 Å². The molecule has 9 nitrogen and oxygen atoms in total. The molecule has 0 unspecified atom stereocenters. The van der Waals surface area contributed by atoms with E-state index in [4.69, 9.17) is 35.9 Å². The van der Waals surface area contributed by atoms with Crippen molar-refractivity contribution in [2.45, 2.75) is 38.0 Å². The standard InChI is InChI=1S/C13H18N2O2.C9H13NO2.C2HF3O2/c14-9-10-2-1-3-12(8-10)11-4-6-15(7-5-11)13(16)17;1-11-8-5-3-4-7(6-10)9(8)12-2;3-2(4,5)1(6)7/h1-3,8,11H,4-7,9,14H2,(H,16,17);3-5H,6,10H2,1-2H3;(H,6,7). The summed E-state index contributed by atoms with van der Waals surface area (Å²) in [5.41, 5.74) is 14.5. The number of ether oxygens (including phenoxy) is 2. The Labute approximate surface area is 207 Å². The maximum atomic E-state index is 10.8. The number of rotatable bonds is 5. The van der Waals surface area contributed by atoms with Crippen molar-refractivity contribution in [1.82, 2.24) is 4.90 Å². The van der Waals surface area contributed by atoms with E-state index in [2.05, 4.69) is 12.1 Å². The Hall–Kier alpha value is -3.51. The molecule has 0 atom stereocenters. The average Bonchev–Trinajstić information content (AvgIpc) is 2.88. The third-order valence-corrected chi connectivity index (χ3v) is 5.37. The van der Waals surface area contributed by atoms with Crippen LogP contribution in [0.5, 0.6) is 11.5 Å². The molecular weight excluding hydrogens is 483 g/mol. The minimum Gasteiger partial charge on any atom is -0.493 e. The Morgan fingerprint density at radius 1 is 1.00 bits per heavy atom. The van der Waals surface area contributed by atoms with Crippen LogP contribution in [0.1, 0.15) is 35.4 Å². The lowest BCUT2D eigenvalue weighted by atomic mass is 9.89. The third kappa shape index (κ3) is 9.62. The van der Waals surface area contributed by atoms with Crippen LogP contribution in [0.4, 0.5) is 18.0 Å². The Balaban J connectivity index is 0.000000298. The number of nitrogens with zero attached hydrogens (tertiary/aromatic N) is 1. The number of amides is 1. The van der Waals surface area contributed by atoms with E-state index in [1.165, 1.54) is 10.5 Å². The van der Waals surface area contributed by atoms with Crippen LogP contribution in [0.2, 0.25) is 0 Å². The highest BCUT2D eigenvalue weighted by Gasteiger charge is 2.38. The van der Waals surface area contributed by atoms with Crippen LogP contribution in [-0.2, 0) is 17.9 Å². The Morgan fingerprint density at radius 2 is 1.58 bits per heavy atom. The second kappa shape index (κ2) is 14.8. The van der Waals surface area contributed by atoms with Crippen molar-refractivity contribution in [1.29, 1.82) is 0 Å². The molecule has 1 aliphatic heterocycles. The van der Waals surface area contributed by atoms with E-state index in [1.54, 1.807) is 14.2 Å². The zero-order valence-corrected chi connectivity index (χ0v) is 20.1. The van der Waals surface area contributed by atoms with Crippen molar-refractivity contribution in [2.24, 2.45) is 11.5 Å². The third-order valence-electron chi connectivity index (χ3n) is 5.37. The van der Waals surface area contributed by atoms with Crippen LogP contribution in [0, 0.1) is 0 Å². The topological polar surface area (TPSA) is 148 Å². The number of piperidine rings is 1. The molecule has 1 aliphatic rings. The summed E-state index contributed by atoms with van der Waals surface area (Å²) in [5, 5.41) is 16.0. The monoisotopic (exact) mass is 515 g/mol. The van der Waals surface area contributed by atoms with Gasteiger partial charge in [0.25, 0.3) is 0 Å². The summed E-state index contributed by atoms with van der Waals surface area (Å²) >= 11 is 0. The molecule has 0 spiro atoms. The van der Waals surface area contributed by atoms with E-state index in [-0.39, 0.29) is 0 Å². The van der Waals surface area contributed by atoms with Gasteiger partial charge in [-0.1, -0.05) is 36.4 Å². The number of methoxy groups -OCH3 is 2. The van der Waals surface area contributed by atoms with Crippen molar-refractivity contribution < 1.29 is 42.4 Å². The molecule has 0 radical (unpaired) electrons. The van der Waals surface area contributed by atoms with Crippen LogP contribution in [-0.4, -0.2) is 60.7 Å². The van der Waals surface area contributed by atoms with Crippen molar-refractivity contribution in [3.8, 4) is 11.5 Å². The number of aliphatic carboxylic acids is 1. The molecule has 2 aromatic carbocycles.